The maximum atomic E-state index is 11.8. The molecule has 21 heavy (non-hydrogen) atoms. The van der Waals surface area contributed by atoms with Crippen molar-refractivity contribution in [1.29, 1.82) is 5.26 Å². The summed E-state index contributed by atoms with van der Waals surface area (Å²) in [6.45, 7) is 1.87. The SMILES string of the molecule is CN(CCCCCO)CCC(=O)Nc1cccc(C#N)c1. The molecule has 0 spiro atoms. The van der Waals surface area contributed by atoms with Crippen LogP contribution in [0, 0.1) is 11.3 Å². The number of nitriles is 1. The molecule has 0 aliphatic heterocycles. The molecule has 0 aromatic heterocycles. The highest BCUT2D eigenvalue weighted by atomic mass is 16.2. The molecule has 0 saturated carbocycles. The van der Waals surface area contributed by atoms with Crippen molar-refractivity contribution in [3.8, 4) is 6.07 Å². The Bertz CT molecular complexity index is 483. The number of benzene rings is 1. The second-order valence-electron chi connectivity index (χ2n) is 5.08. The summed E-state index contributed by atoms with van der Waals surface area (Å²) in [5.41, 5.74) is 1.19. The van der Waals surface area contributed by atoms with E-state index in [1.807, 2.05) is 13.1 Å². The normalized spacial score (nSPS) is 10.4. The lowest BCUT2D eigenvalue weighted by atomic mass is 10.2. The third-order valence-corrected chi connectivity index (χ3v) is 3.19. The first-order valence-corrected chi connectivity index (χ1v) is 7.25. The van der Waals surface area contributed by atoms with E-state index in [-0.39, 0.29) is 12.5 Å². The fourth-order valence-electron chi connectivity index (χ4n) is 1.96. The molecule has 5 heteroatoms. The molecule has 2 N–H and O–H groups in total. The second-order valence-corrected chi connectivity index (χ2v) is 5.08. The number of unbranched alkanes of at least 4 members (excludes halogenated alkanes) is 2. The number of amides is 1. The third kappa shape index (κ3) is 7.45. The second kappa shape index (κ2) is 9.92. The van der Waals surface area contributed by atoms with Crippen molar-refractivity contribution in [2.24, 2.45) is 0 Å². The van der Waals surface area contributed by atoms with Crippen LogP contribution in [-0.2, 0) is 4.79 Å². The van der Waals surface area contributed by atoms with Gasteiger partial charge in [0.15, 0.2) is 0 Å². The Labute approximate surface area is 126 Å². The first kappa shape index (κ1) is 17.2. The molecule has 0 heterocycles. The van der Waals surface area contributed by atoms with E-state index in [2.05, 4.69) is 10.2 Å². The van der Waals surface area contributed by atoms with Crippen molar-refractivity contribution >= 4 is 11.6 Å². The van der Waals surface area contributed by atoms with Gasteiger partial charge in [-0.25, -0.2) is 0 Å². The number of anilines is 1. The largest absolute Gasteiger partial charge is 0.396 e. The smallest absolute Gasteiger partial charge is 0.225 e. The predicted molar refractivity (Wildman–Crippen MR) is 82.8 cm³/mol. The molecular formula is C16H23N3O2. The van der Waals surface area contributed by atoms with Gasteiger partial charge in [0.05, 0.1) is 11.6 Å². The average molecular weight is 289 g/mol. The lowest BCUT2D eigenvalue weighted by molar-refractivity contribution is -0.116. The zero-order chi connectivity index (χ0) is 15.5. The van der Waals surface area contributed by atoms with E-state index >= 15 is 0 Å². The Morgan fingerprint density at radius 2 is 2.14 bits per heavy atom. The summed E-state index contributed by atoms with van der Waals surface area (Å²) >= 11 is 0. The Morgan fingerprint density at radius 3 is 2.86 bits per heavy atom. The molecule has 0 aliphatic carbocycles. The Kier molecular flexibility index (Phi) is 8.10. The molecular weight excluding hydrogens is 266 g/mol. The summed E-state index contributed by atoms with van der Waals surface area (Å²) < 4.78 is 0. The first-order valence-electron chi connectivity index (χ1n) is 7.25. The van der Waals surface area contributed by atoms with Crippen LogP contribution in [0.1, 0.15) is 31.2 Å². The van der Waals surface area contributed by atoms with Crippen LogP contribution in [0.15, 0.2) is 24.3 Å². The van der Waals surface area contributed by atoms with Crippen molar-refractivity contribution in [1.82, 2.24) is 4.90 Å². The van der Waals surface area contributed by atoms with Gasteiger partial charge >= 0.3 is 0 Å². The van der Waals surface area contributed by atoms with Crippen molar-refractivity contribution in [2.45, 2.75) is 25.7 Å². The van der Waals surface area contributed by atoms with Crippen LogP contribution in [-0.4, -0.2) is 42.7 Å². The summed E-state index contributed by atoms with van der Waals surface area (Å²) in [5, 5.41) is 20.3. The predicted octanol–water partition coefficient (Wildman–Crippen LogP) is 1.98. The van der Waals surface area contributed by atoms with Gasteiger partial charge in [0, 0.05) is 25.3 Å². The lowest BCUT2D eigenvalue weighted by Gasteiger charge is -2.16. The van der Waals surface area contributed by atoms with Gasteiger partial charge in [0.1, 0.15) is 0 Å². The van der Waals surface area contributed by atoms with Crippen LogP contribution < -0.4 is 5.32 Å². The molecule has 0 bridgehead atoms. The average Bonchev–Trinajstić information content (AvgIpc) is 2.50. The van der Waals surface area contributed by atoms with Gasteiger partial charge in [-0.05, 0) is 51.1 Å². The molecule has 1 amide bonds. The number of carbonyl (C=O) groups excluding carboxylic acids is 1. The quantitative estimate of drug-likeness (QED) is 0.682. The van der Waals surface area contributed by atoms with Crippen LogP contribution in [0.2, 0.25) is 0 Å². The van der Waals surface area contributed by atoms with E-state index in [9.17, 15) is 4.79 Å². The number of nitrogens with one attached hydrogen (secondary N) is 1. The summed E-state index contributed by atoms with van der Waals surface area (Å²) in [4.78, 5) is 14.0. The molecule has 0 aliphatic rings. The number of aliphatic hydroxyl groups excluding tert-OH is 1. The van der Waals surface area contributed by atoms with Crippen LogP contribution in [0.5, 0.6) is 0 Å². The Balaban J connectivity index is 2.25. The standard InChI is InChI=1S/C16H23N3O2/c1-19(9-3-2-4-11-20)10-8-16(21)18-15-7-5-6-14(12-15)13-17/h5-7,12,20H,2-4,8-11H2,1H3,(H,18,21). The fourth-order valence-corrected chi connectivity index (χ4v) is 1.96. The minimum Gasteiger partial charge on any atom is -0.396 e. The minimum absolute atomic E-state index is 0.0488. The maximum absolute atomic E-state index is 11.8. The van der Waals surface area contributed by atoms with E-state index in [4.69, 9.17) is 10.4 Å². The molecule has 1 aromatic rings. The zero-order valence-corrected chi connectivity index (χ0v) is 12.5. The number of carbonyl (C=O) groups is 1. The van der Waals surface area contributed by atoms with E-state index < -0.39 is 0 Å². The van der Waals surface area contributed by atoms with E-state index in [0.717, 1.165) is 25.8 Å². The Hall–Kier alpha value is -1.90. The van der Waals surface area contributed by atoms with Crippen molar-refractivity contribution in [3.05, 3.63) is 29.8 Å². The molecule has 0 saturated heterocycles. The van der Waals surface area contributed by atoms with Crippen LogP contribution in [0.3, 0.4) is 0 Å². The number of hydrogen-bond acceptors (Lipinski definition) is 4. The van der Waals surface area contributed by atoms with Crippen LogP contribution >= 0.6 is 0 Å². The van der Waals surface area contributed by atoms with Gasteiger partial charge in [-0.3, -0.25) is 4.79 Å². The molecule has 0 unspecified atom stereocenters. The summed E-state index contributed by atoms with van der Waals surface area (Å²) in [7, 11) is 1.99. The summed E-state index contributed by atoms with van der Waals surface area (Å²) in [6, 6.07) is 8.94. The Morgan fingerprint density at radius 1 is 1.33 bits per heavy atom. The molecule has 0 radical (unpaired) electrons. The first-order chi connectivity index (χ1) is 10.2. The molecule has 5 nitrogen and oxygen atoms in total. The molecule has 1 aromatic carbocycles. The van der Waals surface area contributed by atoms with Crippen LogP contribution in [0.25, 0.3) is 0 Å². The van der Waals surface area contributed by atoms with Gasteiger partial charge in [0.25, 0.3) is 0 Å². The van der Waals surface area contributed by atoms with Crippen molar-refractivity contribution in [3.63, 3.8) is 0 Å². The highest BCUT2D eigenvalue weighted by molar-refractivity contribution is 5.90. The molecule has 0 fully saturated rings. The van der Waals surface area contributed by atoms with Gasteiger partial charge in [0.2, 0.25) is 5.91 Å². The number of aliphatic hydroxyl groups is 1. The number of rotatable bonds is 9. The minimum atomic E-state index is -0.0488. The number of nitrogens with zero attached hydrogens (tertiary/aromatic N) is 2. The van der Waals surface area contributed by atoms with Gasteiger partial charge < -0.3 is 15.3 Å². The lowest BCUT2D eigenvalue weighted by Crippen LogP contribution is -2.25. The monoisotopic (exact) mass is 289 g/mol. The topological polar surface area (TPSA) is 76.4 Å². The van der Waals surface area contributed by atoms with Crippen LogP contribution in [0.4, 0.5) is 5.69 Å². The van der Waals surface area contributed by atoms with Crippen molar-refractivity contribution in [2.75, 3.05) is 32.1 Å². The van der Waals surface area contributed by atoms with Crippen molar-refractivity contribution < 1.29 is 9.90 Å². The molecule has 1 rings (SSSR count). The zero-order valence-electron chi connectivity index (χ0n) is 12.5. The molecule has 0 atom stereocenters. The van der Waals surface area contributed by atoms with E-state index in [1.54, 1.807) is 24.3 Å². The van der Waals surface area contributed by atoms with Gasteiger partial charge in [-0.15, -0.1) is 0 Å². The number of hydrogen-bond donors (Lipinski definition) is 2. The third-order valence-electron chi connectivity index (χ3n) is 3.19. The van der Waals surface area contributed by atoms with E-state index in [1.165, 1.54) is 0 Å². The fraction of sp³-hybridized carbons (Fsp3) is 0.500. The van der Waals surface area contributed by atoms with E-state index in [0.29, 0.717) is 24.2 Å². The van der Waals surface area contributed by atoms with Gasteiger partial charge in [-0.2, -0.15) is 5.26 Å². The molecule has 114 valence electrons. The maximum Gasteiger partial charge on any atom is 0.225 e. The summed E-state index contributed by atoms with van der Waals surface area (Å²) in [6.07, 6.45) is 3.30. The van der Waals surface area contributed by atoms with Gasteiger partial charge in [-0.1, -0.05) is 6.07 Å². The highest BCUT2D eigenvalue weighted by Gasteiger charge is 2.05. The highest BCUT2D eigenvalue weighted by Crippen LogP contribution is 2.10. The summed E-state index contributed by atoms with van der Waals surface area (Å²) in [5.74, 6) is -0.0488.